The van der Waals surface area contributed by atoms with Crippen molar-refractivity contribution in [1.29, 1.82) is 0 Å². The van der Waals surface area contributed by atoms with E-state index in [1.165, 1.54) is 28.7 Å². The number of esters is 1. The number of aromatic nitrogens is 1. The lowest BCUT2D eigenvalue weighted by Gasteiger charge is -2.25. The number of anilines is 1. The molecule has 0 fully saturated rings. The Morgan fingerprint density at radius 1 is 1.05 bits per heavy atom. The van der Waals surface area contributed by atoms with Crippen LogP contribution in [-0.4, -0.2) is 48.2 Å². The minimum absolute atomic E-state index is 0.0237. The van der Waals surface area contributed by atoms with E-state index >= 15 is 0 Å². The summed E-state index contributed by atoms with van der Waals surface area (Å²) >= 11 is 0. The first kappa shape index (κ1) is 26.8. The molecular formula is C26H26F3N3O6. The first-order valence-corrected chi connectivity index (χ1v) is 11.6. The summed E-state index contributed by atoms with van der Waals surface area (Å²) in [6.45, 7) is 5.34. The van der Waals surface area contributed by atoms with Crippen LogP contribution in [0.5, 0.6) is 5.75 Å². The maximum Gasteiger partial charge on any atom is 0.573 e. The molecule has 1 atom stereocenters. The number of nitrogens with two attached hydrogens (primary N) is 1. The van der Waals surface area contributed by atoms with Crippen LogP contribution in [0, 0.1) is 0 Å². The van der Waals surface area contributed by atoms with Crippen LogP contribution in [0.1, 0.15) is 49.2 Å². The van der Waals surface area contributed by atoms with Crippen LogP contribution in [0.15, 0.2) is 42.5 Å². The van der Waals surface area contributed by atoms with Gasteiger partial charge in [-0.05, 0) is 62.7 Å². The van der Waals surface area contributed by atoms with Crippen LogP contribution in [0.4, 0.5) is 23.7 Å². The lowest BCUT2D eigenvalue weighted by atomic mass is 9.97. The molecule has 9 nitrogen and oxygen atoms in total. The van der Waals surface area contributed by atoms with E-state index in [2.05, 4.69) is 4.74 Å². The Bertz CT molecular complexity index is 1420. The lowest BCUT2D eigenvalue weighted by molar-refractivity contribution is -0.274. The molecule has 38 heavy (non-hydrogen) atoms. The molecule has 0 saturated heterocycles. The van der Waals surface area contributed by atoms with Crippen molar-refractivity contribution in [2.24, 2.45) is 5.73 Å². The maximum absolute atomic E-state index is 12.9. The Morgan fingerprint density at radius 3 is 2.37 bits per heavy atom. The van der Waals surface area contributed by atoms with Crippen molar-refractivity contribution in [3.63, 3.8) is 0 Å². The highest BCUT2D eigenvalue weighted by Gasteiger charge is 2.37. The quantitative estimate of drug-likeness (QED) is 0.461. The number of methoxy groups -OCH3 is 1. The molecule has 1 aliphatic rings. The number of ether oxygens (including phenoxy) is 3. The van der Waals surface area contributed by atoms with E-state index in [0.717, 1.165) is 12.1 Å². The van der Waals surface area contributed by atoms with Crippen LogP contribution in [0.25, 0.3) is 16.6 Å². The number of alkyl halides is 3. The van der Waals surface area contributed by atoms with Gasteiger partial charge < -0.3 is 24.5 Å². The molecule has 12 heteroatoms. The van der Waals surface area contributed by atoms with Gasteiger partial charge >= 0.3 is 18.4 Å². The second kappa shape index (κ2) is 9.58. The highest BCUT2D eigenvalue weighted by molar-refractivity contribution is 5.99. The van der Waals surface area contributed by atoms with E-state index in [9.17, 15) is 27.6 Å². The van der Waals surface area contributed by atoms with Crippen molar-refractivity contribution in [2.75, 3.05) is 18.6 Å². The van der Waals surface area contributed by atoms with Gasteiger partial charge in [0.15, 0.2) is 0 Å². The van der Waals surface area contributed by atoms with E-state index in [1.54, 1.807) is 39.0 Å². The van der Waals surface area contributed by atoms with Crippen molar-refractivity contribution < 1.29 is 41.8 Å². The van der Waals surface area contributed by atoms with Gasteiger partial charge in [-0.25, -0.2) is 4.79 Å². The molecule has 2 heterocycles. The lowest BCUT2D eigenvalue weighted by Crippen LogP contribution is -2.36. The molecule has 202 valence electrons. The third kappa shape index (κ3) is 5.53. The summed E-state index contributed by atoms with van der Waals surface area (Å²) < 4.78 is 54.3. The molecule has 0 bridgehead atoms. The highest BCUT2D eigenvalue weighted by Crippen LogP contribution is 2.41. The number of amides is 2. The number of benzene rings is 2. The minimum Gasteiger partial charge on any atom is -0.469 e. The van der Waals surface area contributed by atoms with Crippen molar-refractivity contribution in [3.8, 4) is 11.4 Å². The molecule has 1 unspecified atom stereocenters. The van der Waals surface area contributed by atoms with Crippen LogP contribution >= 0.6 is 0 Å². The largest absolute Gasteiger partial charge is 0.573 e. The van der Waals surface area contributed by atoms with Crippen LogP contribution < -0.4 is 15.4 Å². The minimum atomic E-state index is -4.91. The summed E-state index contributed by atoms with van der Waals surface area (Å²) in [7, 11) is 1.26. The van der Waals surface area contributed by atoms with Crippen LogP contribution in [-0.2, 0) is 14.3 Å². The highest BCUT2D eigenvalue weighted by atomic mass is 19.4. The second-order valence-corrected chi connectivity index (χ2v) is 9.81. The Kier molecular flexibility index (Phi) is 6.77. The maximum atomic E-state index is 12.9. The number of carbonyl (C=O) groups excluding carboxylic acids is 3. The smallest absolute Gasteiger partial charge is 0.469 e. The number of primary amides is 1. The second-order valence-electron chi connectivity index (χ2n) is 9.81. The first-order valence-electron chi connectivity index (χ1n) is 11.6. The summed E-state index contributed by atoms with van der Waals surface area (Å²) in [6, 6.07) is 10.0. The predicted octanol–water partition coefficient (Wildman–Crippen LogP) is 5.03. The fourth-order valence-electron chi connectivity index (χ4n) is 4.46. The average molecular weight is 534 g/mol. The van der Waals surface area contributed by atoms with Gasteiger partial charge in [0.2, 0.25) is 0 Å². The third-order valence-corrected chi connectivity index (χ3v) is 5.92. The summed E-state index contributed by atoms with van der Waals surface area (Å²) in [6.07, 6.45) is -5.54. The number of nitrogens with zero attached hydrogens (tertiary/aromatic N) is 2. The summed E-state index contributed by atoms with van der Waals surface area (Å²) in [5.41, 5.74) is 6.59. The first-order chi connectivity index (χ1) is 17.7. The Balaban J connectivity index is 1.85. The summed E-state index contributed by atoms with van der Waals surface area (Å²) in [5, 5.41) is 0.454. The number of hydrogen-bond donors (Lipinski definition) is 1. The molecule has 0 radical (unpaired) electrons. The Labute approximate surface area is 215 Å². The van der Waals surface area contributed by atoms with Gasteiger partial charge in [0.05, 0.1) is 24.7 Å². The van der Waals surface area contributed by atoms with Gasteiger partial charge in [-0.15, -0.1) is 13.2 Å². The normalized spacial score (nSPS) is 15.3. The van der Waals surface area contributed by atoms with Gasteiger partial charge in [0.25, 0.3) is 5.91 Å². The Hall–Kier alpha value is -4.22. The van der Waals surface area contributed by atoms with Crippen LogP contribution in [0.3, 0.4) is 0 Å². The monoisotopic (exact) mass is 533 g/mol. The molecule has 0 aliphatic carbocycles. The molecule has 3 aromatic rings. The SMILES string of the molecule is COC(=O)CC1CN(C(=O)OC(C)(C)C)c2ccc(-n3c(C(N)=O)cc4ccc(OC(F)(F)F)cc43)cc21. The average Bonchev–Trinajstić information content (AvgIpc) is 3.35. The Morgan fingerprint density at radius 2 is 1.76 bits per heavy atom. The molecule has 1 aliphatic heterocycles. The molecule has 1 aromatic heterocycles. The van der Waals surface area contributed by atoms with E-state index in [1.807, 2.05) is 0 Å². The zero-order chi connectivity index (χ0) is 28.0. The molecular weight excluding hydrogens is 507 g/mol. The molecule has 2 amide bonds. The standard InChI is InChI=1S/C26H26F3N3O6/c1-25(2,3)38-24(35)31-13-15(10-22(33)36-4)18-11-16(6-8-19(18)31)32-20-12-17(37-26(27,28)29)7-5-14(20)9-21(32)23(30)34/h5-9,11-12,15H,10,13H2,1-4H3,(H2,30,34). The zero-order valence-electron chi connectivity index (χ0n) is 21.1. The molecule has 2 N–H and O–H groups in total. The van der Waals surface area contributed by atoms with Crippen molar-refractivity contribution in [2.45, 2.75) is 45.1 Å². The van der Waals surface area contributed by atoms with Crippen molar-refractivity contribution in [3.05, 3.63) is 53.7 Å². The number of rotatable bonds is 5. The van der Waals surface area contributed by atoms with E-state index in [0.29, 0.717) is 22.3 Å². The van der Waals surface area contributed by atoms with Crippen molar-refractivity contribution >= 4 is 34.6 Å². The van der Waals surface area contributed by atoms with Gasteiger partial charge in [-0.3, -0.25) is 14.5 Å². The molecule has 0 spiro atoms. The number of halogens is 3. The van der Waals surface area contributed by atoms with Gasteiger partial charge in [-0.2, -0.15) is 0 Å². The van der Waals surface area contributed by atoms with Gasteiger partial charge in [0.1, 0.15) is 17.0 Å². The van der Waals surface area contributed by atoms with E-state index < -0.39 is 41.6 Å². The molecule has 2 aromatic carbocycles. The van der Waals surface area contributed by atoms with Crippen molar-refractivity contribution in [1.82, 2.24) is 4.57 Å². The van der Waals surface area contributed by atoms with Crippen LogP contribution in [0.2, 0.25) is 0 Å². The number of fused-ring (bicyclic) bond motifs is 2. The third-order valence-electron chi connectivity index (χ3n) is 5.92. The molecule has 4 rings (SSSR count). The summed E-state index contributed by atoms with van der Waals surface area (Å²) in [5.74, 6) is -2.23. The van der Waals surface area contributed by atoms with Gasteiger partial charge in [-0.1, -0.05) is 0 Å². The topological polar surface area (TPSA) is 113 Å². The fraction of sp³-hybridized carbons (Fsp3) is 0.346. The van der Waals surface area contributed by atoms with E-state index in [4.69, 9.17) is 15.2 Å². The zero-order valence-corrected chi connectivity index (χ0v) is 21.1. The summed E-state index contributed by atoms with van der Waals surface area (Å²) in [4.78, 5) is 38.8. The number of carbonyl (C=O) groups is 3. The molecule has 0 saturated carbocycles. The van der Waals surface area contributed by atoms with E-state index in [-0.39, 0.29) is 24.2 Å². The fourth-order valence-corrected chi connectivity index (χ4v) is 4.46. The predicted molar refractivity (Wildman–Crippen MR) is 131 cm³/mol. The number of hydrogen-bond acceptors (Lipinski definition) is 6. The van der Waals surface area contributed by atoms with Gasteiger partial charge in [0, 0.05) is 29.6 Å².